The Morgan fingerprint density at radius 3 is 2.22 bits per heavy atom. The van der Waals surface area contributed by atoms with E-state index in [1.807, 2.05) is 20.8 Å². The Bertz CT molecular complexity index is 541. The molecule has 0 aromatic heterocycles. The van der Waals surface area contributed by atoms with E-state index in [1.165, 1.54) is 23.3 Å². The Kier molecular flexibility index (Phi) is 4.87. The van der Waals surface area contributed by atoms with Crippen LogP contribution < -0.4 is 0 Å². The van der Waals surface area contributed by atoms with Crippen molar-refractivity contribution in [2.45, 2.75) is 50.0 Å². The van der Waals surface area contributed by atoms with Gasteiger partial charge in [0.1, 0.15) is 5.60 Å². The first kappa shape index (κ1) is 16.7. The molecule has 5 heteroatoms. The number of carbonyl (C=O) groups is 1. The number of ether oxygens (including phenoxy) is 1. The first-order valence-corrected chi connectivity index (χ1v) is 9.19. The van der Waals surface area contributed by atoms with Gasteiger partial charge in [0.2, 0.25) is 0 Å². The summed E-state index contributed by atoms with van der Waals surface area (Å²) in [6, 6.07) is 8.96. The van der Waals surface area contributed by atoms with Crippen LogP contribution in [0.15, 0.2) is 29.2 Å². The summed E-state index contributed by atoms with van der Waals surface area (Å²) in [4.78, 5) is 15.1. The van der Waals surface area contributed by atoms with Gasteiger partial charge in [0.05, 0.1) is 0 Å². The molecule has 3 rings (SSSR count). The second-order valence-electron chi connectivity index (χ2n) is 7.33. The maximum absolute atomic E-state index is 12.1. The van der Waals surface area contributed by atoms with Gasteiger partial charge in [0.15, 0.2) is 0 Å². The molecule has 1 saturated heterocycles. The zero-order valence-corrected chi connectivity index (χ0v) is 15.1. The first-order valence-electron chi connectivity index (χ1n) is 8.41. The summed E-state index contributed by atoms with van der Waals surface area (Å²) in [7, 11) is 0. The van der Waals surface area contributed by atoms with Gasteiger partial charge < -0.3 is 9.64 Å². The second-order valence-corrected chi connectivity index (χ2v) is 8.50. The van der Waals surface area contributed by atoms with Crippen molar-refractivity contribution in [3.63, 3.8) is 0 Å². The van der Waals surface area contributed by atoms with E-state index in [4.69, 9.17) is 4.74 Å². The van der Waals surface area contributed by atoms with Crippen LogP contribution in [0.5, 0.6) is 0 Å². The summed E-state index contributed by atoms with van der Waals surface area (Å²) in [5.41, 5.74) is 1.05. The topological polar surface area (TPSA) is 32.8 Å². The quantitative estimate of drug-likeness (QED) is 0.778. The van der Waals surface area contributed by atoms with Crippen LogP contribution >= 0.6 is 11.9 Å². The fraction of sp³-hybridized carbons (Fsp3) is 0.611. The summed E-state index contributed by atoms with van der Waals surface area (Å²) in [5.74, 6) is 0.812. The molecule has 1 aromatic rings. The smallest absolute Gasteiger partial charge is 0.410 e. The van der Waals surface area contributed by atoms with Crippen molar-refractivity contribution in [1.82, 2.24) is 9.21 Å². The summed E-state index contributed by atoms with van der Waals surface area (Å²) in [6.07, 6.45) is 2.49. The van der Waals surface area contributed by atoms with E-state index in [-0.39, 0.29) is 6.09 Å². The molecule has 2 fully saturated rings. The van der Waals surface area contributed by atoms with Crippen LogP contribution in [0.3, 0.4) is 0 Å². The van der Waals surface area contributed by atoms with Crippen LogP contribution in [-0.4, -0.2) is 47.1 Å². The maximum Gasteiger partial charge on any atom is 0.410 e. The number of piperazine rings is 1. The van der Waals surface area contributed by atoms with Crippen LogP contribution in [-0.2, 0) is 4.74 Å². The summed E-state index contributed by atoms with van der Waals surface area (Å²) in [5, 5.41) is 0. The lowest BCUT2D eigenvalue weighted by Gasteiger charge is -2.34. The Balaban J connectivity index is 1.46. The molecule has 1 aliphatic carbocycles. The number of rotatable bonds is 3. The Morgan fingerprint density at radius 2 is 1.70 bits per heavy atom. The van der Waals surface area contributed by atoms with Crippen LogP contribution in [0, 0.1) is 0 Å². The highest BCUT2D eigenvalue weighted by atomic mass is 32.2. The van der Waals surface area contributed by atoms with E-state index in [9.17, 15) is 4.79 Å². The third kappa shape index (κ3) is 4.88. The number of amides is 1. The zero-order valence-electron chi connectivity index (χ0n) is 14.2. The third-order valence-corrected chi connectivity index (χ3v) is 5.16. The highest BCUT2D eigenvalue weighted by Crippen LogP contribution is 2.40. The molecular weight excluding hydrogens is 308 g/mol. The van der Waals surface area contributed by atoms with Gasteiger partial charge in [-0.15, -0.1) is 0 Å². The maximum atomic E-state index is 12.1. The highest BCUT2D eigenvalue weighted by molar-refractivity contribution is 7.97. The molecule has 23 heavy (non-hydrogen) atoms. The SMILES string of the molecule is CC(C)(C)OC(=O)N1CCN(Sc2ccc(C3CC3)cc2)CC1. The average Bonchev–Trinajstić information content (AvgIpc) is 3.32. The number of hydrogen-bond donors (Lipinski definition) is 0. The molecule has 1 amide bonds. The average molecular weight is 334 g/mol. The molecule has 1 aliphatic heterocycles. The molecule has 0 radical (unpaired) electrons. The lowest BCUT2D eigenvalue weighted by atomic mass is 10.1. The molecule has 0 unspecified atom stereocenters. The van der Waals surface area contributed by atoms with Crippen molar-refractivity contribution in [3.05, 3.63) is 29.8 Å². The molecule has 4 nitrogen and oxygen atoms in total. The zero-order chi connectivity index (χ0) is 16.4. The van der Waals surface area contributed by atoms with Gasteiger partial charge in [-0.25, -0.2) is 9.10 Å². The number of benzene rings is 1. The normalized spacial score (nSPS) is 19.7. The van der Waals surface area contributed by atoms with E-state index in [0.717, 1.165) is 32.1 Å². The van der Waals surface area contributed by atoms with Gasteiger partial charge in [0.25, 0.3) is 0 Å². The van der Waals surface area contributed by atoms with Crippen molar-refractivity contribution >= 4 is 18.0 Å². The van der Waals surface area contributed by atoms with Crippen molar-refractivity contribution in [2.75, 3.05) is 26.2 Å². The number of nitrogens with zero attached hydrogens (tertiary/aromatic N) is 2. The van der Waals surface area contributed by atoms with Crippen LogP contribution in [0.4, 0.5) is 4.79 Å². The van der Waals surface area contributed by atoms with E-state index >= 15 is 0 Å². The van der Waals surface area contributed by atoms with E-state index in [0.29, 0.717) is 0 Å². The summed E-state index contributed by atoms with van der Waals surface area (Å²) in [6.45, 7) is 8.90. The molecule has 0 spiro atoms. The van der Waals surface area contributed by atoms with Crippen molar-refractivity contribution in [1.29, 1.82) is 0 Å². The third-order valence-electron chi connectivity index (χ3n) is 4.05. The van der Waals surface area contributed by atoms with Gasteiger partial charge in [-0.2, -0.15) is 0 Å². The predicted molar refractivity (Wildman–Crippen MR) is 93.7 cm³/mol. The minimum atomic E-state index is -0.424. The minimum absolute atomic E-state index is 0.198. The number of hydrogen-bond acceptors (Lipinski definition) is 4. The molecule has 126 valence electrons. The fourth-order valence-electron chi connectivity index (χ4n) is 2.66. The molecular formula is C18H26N2O2S. The highest BCUT2D eigenvalue weighted by Gasteiger charge is 2.26. The molecule has 0 bridgehead atoms. The van der Waals surface area contributed by atoms with Crippen LogP contribution in [0.1, 0.15) is 45.1 Å². The van der Waals surface area contributed by atoms with Crippen molar-refractivity contribution in [2.24, 2.45) is 0 Å². The molecule has 1 aromatic carbocycles. The number of carbonyl (C=O) groups excluding carboxylic acids is 1. The standard InChI is InChI=1S/C18H26N2O2S/c1-18(2,3)22-17(21)19-10-12-20(13-11-19)23-16-8-6-15(7-9-16)14-4-5-14/h6-9,14H,4-5,10-13H2,1-3H3. The van der Waals surface area contributed by atoms with Gasteiger partial charge in [-0.05, 0) is 69.2 Å². The fourth-order valence-corrected chi connectivity index (χ4v) is 3.56. The Labute approximate surface area is 143 Å². The van der Waals surface area contributed by atoms with Crippen LogP contribution in [0.25, 0.3) is 0 Å². The summed E-state index contributed by atoms with van der Waals surface area (Å²) >= 11 is 1.79. The van der Waals surface area contributed by atoms with Gasteiger partial charge in [-0.1, -0.05) is 12.1 Å². The van der Waals surface area contributed by atoms with E-state index in [2.05, 4.69) is 28.6 Å². The van der Waals surface area contributed by atoms with E-state index < -0.39 is 5.60 Å². The van der Waals surface area contributed by atoms with Gasteiger partial charge >= 0.3 is 6.09 Å². The predicted octanol–water partition coefficient (Wildman–Crippen LogP) is 4.12. The lowest BCUT2D eigenvalue weighted by molar-refractivity contribution is 0.0197. The Morgan fingerprint density at radius 1 is 1.09 bits per heavy atom. The van der Waals surface area contributed by atoms with Crippen molar-refractivity contribution < 1.29 is 9.53 Å². The van der Waals surface area contributed by atoms with E-state index in [1.54, 1.807) is 16.8 Å². The second kappa shape index (κ2) is 6.73. The molecule has 0 atom stereocenters. The molecule has 1 saturated carbocycles. The molecule has 1 heterocycles. The van der Waals surface area contributed by atoms with Gasteiger partial charge in [-0.3, -0.25) is 0 Å². The summed E-state index contributed by atoms with van der Waals surface area (Å²) < 4.78 is 7.76. The molecule has 2 aliphatic rings. The Hall–Kier alpha value is -1.20. The van der Waals surface area contributed by atoms with Crippen molar-refractivity contribution in [3.8, 4) is 0 Å². The largest absolute Gasteiger partial charge is 0.444 e. The molecule has 0 N–H and O–H groups in total. The first-order chi connectivity index (χ1) is 10.9. The van der Waals surface area contributed by atoms with Gasteiger partial charge in [0, 0.05) is 31.1 Å². The monoisotopic (exact) mass is 334 g/mol. The lowest BCUT2D eigenvalue weighted by Crippen LogP contribution is -2.47. The van der Waals surface area contributed by atoms with Crippen LogP contribution in [0.2, 0.25) is 0 Å². The minimum Gasteiger partial charge on any atom is -0.444 e.